The average molecular weight is 787 g/mol. The SMILES string of the molecule is CC(C)(C)OC(=O)CCCN1CCC(N(C(=O)OC(C)(C)C)c2cc(C(F)(F)F)cc3c2N(C(=O)OC(C)(C)C)c2ccc(Br)cc2S3)CC1. The van der Waals surface area contributed by atoms with Crippen molar-refractivity contribution in [1.29, 1.82) is 0 Å². The maximum Gasteiger partial charge on any atom is 0.419 e. The van der Waals surface area contributed by atoms with Crippen LogP contribution >= 0.6 is 27.7 Å². The summed E-state index contributed by atoms with van der Waals surface area (Å²) in [4.78, 5) is 45.8. The molecule has 2 aliphatic rings. The third-order valence-corrected chi connectivity index (χ3v) is 9.18. The van der Waals surface area contributed by atoms with Crippen molar-refractivity contribution >= 4 is 62.9 Å². The number of benzene rings is 2. The van der Waals surface area contributed by atoms with E-state index in [0.29, 0.717) is 54.0 Å². The van der Waals surface area contributed by atoms with Crippen molar-refractivity contribution in [2.45, 2.75) is 127 Å². The number of halogens is 4. The first-order chi connectivity index (χ1) is 22.9. The Morgan fingerprint density at radius 2 is 1.46 bits per heavy atom. The van der Waals surface area contributed by atoms with Gasteiger partial charge in [-0.3, -0.25) is 9.69 Å². The highest BCUT2D eigenvalue weighted by molar-refractivity contribution is 9.10. The molecule has 0 radical (unpaired) electrons. The zero-order valence-corrected chi connectivity index (χ0v) is 32.5. The fourth-order valence-electron chi connectivity index (χ4n) is 5.73. The quantitative estimate of drug-likeness (QED) is 0.211. The van der Waals surface area contributed by atoms with Gasteiger partial charge in [0.15, 0.2) is 0 Å². The molecule has 0 bridgehead atoms. The first kappa shape index (κ1) is 39.8. The molecule has 276 valence electrons. The maximum atomic E-state index is 14.6. The van der Waals surface area contributed by atoms with Crippen molar-refractivity contribution < 1.29 is 41.8 Å². The number of fused-ring (bicyclic) bond motifs is 2. The summed E-state index contributed by atoms with van der Waals surface area (Å²) >= 11 is 4.51. The van der Waals surface area contributed by atoms with Crippen LogP contribution in [-0.4, -0.2) is 65.5 Å². The van der Waals surface area contributed by atoms with Crippen LogP contribution in [0.1, 0.15) is 93.6 Å². The number of likely N-dealkylation sites (tertiary alicyclic amines) is 1. The Hall–Kier alpha value is -2.97. The second-order valence-electron chi connectivity index (χ2n) is 15.5. The fourth-order valence-corrected chi connectivity index (χ4v) is 7.41. The van der Waals surface area contributed by atoms with Gasteiger partial charge in [0.1, 0.15) is 16.8 Å². The minimum Gasteiger partial charge on any atom is -0.460 e. The van der Waals surface area contributed by atoms with Gasteiger partial charge in [0.2, 0.25) is 0 Å². The number of amides is 2. The molecule has 0 unspecified atom stereocenters. The van der Waals surface area contributed by atoms with Crippen molar-refractivity contribution in [3.05, 3.63) is 40.4 Å². The molecule has 0 N–H and O–H groups in total. The lowest BCUT2D eigenvalue weighted by Crippen LogP contribution is -2.50. The van der Waals surface area contributed by atoms with E-state index >= 15 is 0 Å². The topological polar surface area (TPSA) is 88.6 Å². The smallest absolute Gasteiger partial charge is 0.419 e. The first-order valence-electron chi connectivity index (χ1n) is 16.6. The van der Waals surface area contributed by atoms with Gasteiger partial charge in [0, 0.05) is 39.8 Å². The van der Waals surface area contributed by atoms with Crippen LogP contribution in [0.5, 0.6) is 0 Å². The van der Waals surface area contributed by atoms with E-state index in [2.05, 4.69) is 20.8 Å². The molecule has 0 atom stereocenters. The predicted molar refractivity (Wildman–Crippen MR) is 191 cm³/mol. The third-order valence-electron chi connectivity index (χ3n) is 7.61. The summed E-state index contributed by atoms with van der Waals surface area (Å²) in [6.45, 7) is 17.3. The summed E-state index contributed by atoms with van der Waals surface area (Å²) in [6, 6.07) is 6.52. The number of carbonyl (C=O) groups excluding carboxylic acids is 3. The van der Waals surface area contributed by atoms with Crippen LogP contribution in [0, 0.1) is 0 Å². The summed E-state index contributed by atoms with van der Waals surface area (Å²) in [5.74, 6) is -0.279. The Morgan fingerprint density at radius 1 is 0.860 bits per heavy atom. The highest BCUT2D eigenvalue weighted by Gasteiger charge is 2.42. The van der Waals surface area contributed by atoms with E-state index in [0.717, 1.165) is 23.9 Å². The van der Waals surface area contributed by atoms with E-state index in [1.807, 2.05) is 20.8 Å². The average Bonchev–Trinajstić information content (AvgIpc) is 2.93. The van der Waals surface area contributed by atoms with Gasteiger partial charge in [-0.15, -0.1) is 0 Å². The van der Waals surface area contributed by atoms with Gasteiger partial charge in [-0.25, -0.2) is 14.5 Å². The molecule has 1 fully saturated rings. The highest BCUT2D eigenvalue weighted by Crippen LogP contribution is 2.55. The van der Waals surface area contributed by atoms with Gasteiger partial charge < -0.3 is 19.1 Å². The largest absolute Gasteiger partial charge is 0.460 e. The molecular weight excluding hydrogens is 739 g/mol. The summed E-state index contributed by atoms with van der Waals surface area (Å²) in [5.41, 5.74) is -3.00. The van der Waals surface area contributed by atoms with Gasteiger partial charge in [-0.05, 0) is 118 Å². The van der Waals surface area contributed by atoms with E-state index < -0.39 is 46.8 Å². The fraction of sp³-hybridized carbons (Fsp3) is 0.583. The molecule has 50 heavy (non-hydrogen) atoms. The molecule has 2 aliphatic heterocycles. The number of carbonyl (C=O) groups is 3. The molecule has 0 spiro atoms. The Morgan fingerprint density at radius 3 is 2.02 bits per heavy atom. The Labute approximate surface area is 305 Å². The lowest BCUT2D eigenvalue weighted by atomic mass is 10.0. The molecule has 0 aromatic heterocycles. The number of ether oxygens (including phenoxy) is 3. The molecule has 4 rings (SSSR count). The normalized spacial score (nSPS) is 16.0. The van der Waals surface area contributed by atoms with E-state index in [-0.39, 0.29) is 28.7 Å². The van der Waals surface area contributed by atoms with Crippen LogP contribution in [0.3, 0.4) is 0 Å². The summed E-state index contributed by atoms with van der Waals surface area (Å²) in [7, 11) is 0. The summed E-state index contributed by atoms with van der Waals surface area (Å²) < 4.78 is 61.5. The maximum absolute atomic E-state index is 14.6. The van der Waals surface area contributed by atoms with Crippen LogP contribution in [0.4, 0.5) is 39.8 Å². The number of alkyl halides is 3. The van der Waals surface area contributed by atoms with Crippen LogP contribution < -0.4 is 9.80 Å². The monoisotopic (exact) mass is 785 g/mol. The van der Waals surface area contributed by atoms with E-state index in [4.69, 9.17) is 14.2 Å². The van der Waals surface area contributed by atoms with Crippen LogP contribution in [0.25, 0.3) is 0 Å². The number of hydrogen-bond donors (Lipinski definition) is 0. The second-order valence-corrected chi connectivity index (χ2v) is 17.5. The second kappa shape index (κ2) is 14.9. The predicted octanol–water partition coefficient (Wildman–Crippen LogP) is 10.3. The van der Waals surface area contributed by atoms with Crippen molar-refractivity contribution in [3.63, 3.8) is 0 Å². The lowest BCUT2D eigenvalue weighted by Gasteiger charge is -2.42. The van der Waals surface area contributed by atoms with Gasteiger partial charge in [-0.2, -0.15) is 13.2 Å². The minimum atomic E-state index is -4.75. The van der Waals surface area contributed by atoms with Crippen molar-refractivity contribution in [3.8, 4) is 0 Å². The molecule has 0 aliphatic carbocycles. The van der Waals surface area contributed by atoms with Gasteiger partial charge in [0.25, 0.3) is 0 Å². The van der Waals surface area contributed by atoms with E-state index in [1.54, 1.807) is 59.7 Å². The molecule has 14 heteroatoms. The molecule has 9 nitrogen and oxygen atoms in total. The van der Waals surface area contributed by atoms with E-state index in [1.165, 1.54) is 9.80 Å². The molecule has 2 aromatic rings. The van der Waals surface area contributed by atoms with Crippen LogP contribution in [0.2, 0.25) is 0 Å². The lowest BCUT2D eigenvalue weighted by molar-refractivity contribution is -0.155. The molecule has 2 amide bonds. The van der Waals surface area contributed by atoms with Crippen molar-refractivity contribution in [2.75, 3.05) is 29.4 Å². The number of rotatable bonds is 6. The number of hydrogen-bond acceptors (Lipinski definition) is 8. The van der Waals surface area contributed by atoms with Gasteiger partial charge in [-0.1, -0.05) is 27.7 Å². The highest BCUT2D eigenvalue weighted by atomic mass is 79.9. The van der Waals surface area contributed by atoms with Gasteiger partial charge in [0.05, 0.1) is 22.6 Å². The van der Waals surface area contributed by atoms with Gasteiger partial charge >= 0.3 is 24.3 Å². The minimum absolute atomic E-state index is 0.0978. The molecule has 2 heterocycles. The number of esters is 1. The zero-order valence-electron chi connectivity index (χ0n) is 30.1. The Bertz CT molecular complexity index is 1590. The molecule has 0 saturated carbocycles. The van der Waals surface area contributed by atoms with E-state index in [9.17, 15) is 27.6 Å². The third kappa shape index (κ3) is 10.5. The first-order valence-corrected chi connectivity index (χ1v) is 18.2. The van der Waals surface area contributed by atoms with Crippen LogP contribution in [0.15, 0.2) is 44.6 Å². The van der Waals surface area contributed by atoms with Crippen LogP contribution in [-0.2, 0) is 25.2 Å². The molecular formula is C36H47BrF3N3O6S. The molecule has 2 aromatic carbocycles. The Kier molecular flexibility index (Phi) is 11.9. The standard InChI is InChI=1S/C36H47BrF3N3O6S/c1-33(2,3)47-29(44)11-10-16-41-17-14-24(15-18-41)42(31(45)48-34(4,5)6)26-19-22(36(38,39)40)20-28-30(26)43(32(46)49-35(7,8)9)25-13-12-23(37)21-27(25)50-28/h12-13,19-21,24H,10-11,14-18H2,1-9H3. The summed E-state index contributed by atoms with van der Waals surface area (Å²) in [6.07, 6.45) is -4.71. The van der Waals surface area contributed by atoms with Crippen molar-refractivity contribution in [2.24, 2.45) is 0 Å². The Balaban J connectivity index is 1.78. The number of anilines is 3. The molecule has 1 saturated heterocycles. The summed E-state index contributed by atoms with van der Waals surface area (Å²) in [5, 5.41) is 0. The zero-order chi connectivity index (χ0) is 37.4. The number of piperidine rings is 1. The number of nitrogens with zero attached hydrogens (tertiary/aromatic N) is 3. The van der Waals surface area contributed by atoms with Crippen molar-refractivity contribution in [1.82, 2.24) is 4.90 Å².